The van der Waals surface area contributed by atoms with Crippen molar-refractivity contribution in [1.82, 2.24) is 5.32 Å². The molecule has 342 valence electrons. The van der Waals surface area contributed by atoms with E-state index >= 15 is 0 Å². The van der Waals surface area contributed by atoms with Gasteiger partial charge < -0.3 is 34.7 Å². The number of fused-ring (bicyclic) bond motifs is 4. The van der Waals surface area contributed by atoms with Crippen LogP contribution in [0.2, 0.25) is 0 Å². The number of carbonyl (C=O) groups excluding carboxylic acids is 1. The lowest BCUT2D eigenvalue weighted by Crippen LogP contribution is -2.44. The Bertz CT molecular complexity index is 2530. The van der Waals surface area contributed by atoms with Gasteiger partial charge in [-0.05, 0) is 71.3 Å². The Balaban J connectivity index is 0.000000148. The molecular formula is C47H46Br4N4O10. The maximum Gasteiger partial charge on any atom is 0.407 e. The SMILES string of the molecule is CC1c2ccc(Br)cc2OCC1N.CC1c2ccc(Br)cc2OCC1NC(=O)OCc1ccccc1.CC1c2ccc(Br)cc2OCC1[N+](=O)[O-].O=[N+]([O-])C1=Cc2ccc(Br)cc2OC1. The van der Waals surface area contributed by atoms with E-state index < -0.39 is 17.1 Å². The third-order valence-electron chi connectivity index (χ3n) is 11.2. The second-order valence-electron chi connectivity index (χ2n) is 15.5. The third kappa shape index (κ3) is 13.3. The summed E-state index contributed by atoms with van der Waals surface area (Å²) < 4.78 is 31.0. The van der Waals surface area contributed by atoms with Crippen LogP contribution >= 0.6 is 63.7 Å². The lowest BCUT2D eigenvalue weighted by Gasteiger charge is -2.31. The molecule has 3 N–H and O–H groups in total. The summed E-state index contributed by atoms with van der Waals surface area (Å²) in [5.41, 5.74) is 10.9. The molecule has 9 rings (SSSR count). The van der Waals surface area contributed by atoms with Gasteiger partial charge in [0.1, 0.15) is 42.8 Å². The normalized spacial score (nSPS) is 20.7. The van der Waals surface area contributed by atoms with E-state index in [9.17, 15) is 25.0 Å². The van der Waals surface area contributed by atoms with E-state index in [0.29, 0.717) is 24.9 Å². The second kappa shape index (κ2) is 22.9. The number of ether oxygens (including phenoxy) is 5. The minimum Gasteiger partial charge on any atom is -0.492 e. The largest absolute Gasteiger partial charge is 0.492 e. The van der Waals surface area contributed by atoms with Crippen molar-refractivity contribution in [1.29, 1.82) is 0 Å². The lowest BCUT2D eigenvalue weighted by atomic mass is 9.91. The molecule has 0 fully saturated rings. The predicted molar refractivity (Wildman–Crippen MR) is 261 cm³/mol. The Morgan fingerprint density at radius 3 is 1.75 bits per heavy atom. The molecule has 4 aliphatic heterocycles. The molecule has 0 aromatic heterocycles. The summed E-state index contributed by atoms with van der Waals surface area (Å²) in [6.45, 7) is 7.57. The van der Waals surface area contributed by atoms with Crippen LogP contribution in [0.5, 0.6) is 23.0 Å². The smallest absolute Gasteiger partial charge is 0.407 e. The van der Waals surface area contributed by atoms with E-state index in [4.69, 9.17) is 29.4 Å². The van der Waals surface area contributed by atoms with E-state index in [-0.39, 0.29) is 54.4 Å². The molecule has 5 aromatic carbocycles. The number of alkyl carbamates (subject to hydrolysis) is 1. The van der Waals surface area contributed by atoms with Crippen LogP contribution < -0.4 is 30.0 Å². The van der Waals surface area contributed by atoms with Crippen molar-refractivity contribution in [2.45, 2.75) is 63.3 Å². The molecule has 4 heterocycles. The Labute approximate surface area is 410 Å². The number of benzene rings is 5. The van der Waals surface area contributed by atoms with Crippen LogP contribution in [-0.2, 0) is 11.3 Å². The van der Waals surface area contributed by atoms with Gasteiger partial charge in [0.15, 0.2) is 13.2 Å². The summed E-state index contributed by atoms with van der Waals surface area (Å²) >= 11 is 13.5. The molecule has 0 spiro atoms. The minimum atomic E-state index is -0.640. The Morgan fingerprint density at radius 1 is 0.677 bits per heavy atom. The molecule has 5 aromatic rings. The molecule has 4 aliphatic rings. The maximum absolute atomic E-state index is 12.0. The molecule has 6 atom stereocenters. The van der Waals surface area contributed by atoms with Gasteiger partial charge in [-0.25, -0.2) is 4.79 Å². The van der Waals surface area contributed by atoms with E-state index in [2.05, 4.69) is 89.0 Å². The topological polar surface area (TPSA) is 188 Å². The van der Waals surface area contributed by atoms with Gasteiger partial charge >= 0.3 is 6.09 Å². The highest BCUT2D eigenvalue weighted by atomic mass is 79.9. The fourth-order valence-corrected chi connectivity index (χ4v) is 8.57. The van der Waals surface area contributed by atoms with Crippen LogP contribution in [0.1, 0.15) is 66.3 Å². The number of halogens is 4. The average molecular weight is 1150 g/mol. The van der Waals surface area contributed by atoms with Gasteiger partial charge in [-0.15, -0.1) is 0 Å². The number of hydrogen-bond acceptors (Lipinski definition) is 11. The van der Waals surface area contributed by atoms with Crippen LogP contribution in [-0.4, -0.2) is 60.5 Å². The molecule has 14 nitrogen and oxygen atoms in total. The highest BCUT2D eigenvalue weighted by molar-refractivity contribution is 9.11. The number of nitro groups is 2. The van der Waals surface area contributed by atoms with E-state index in [1.165, 1.54) is 11.6 Å². The summed E-state index contributed by atoms with van der Waals surface area (Å²) in [5.74, 6) is 3.69. The van der Waals surface area contributed by atoms with Crippen LogP contribution in [0, 0.1) is 20.2 Å². The van der Waals surface area contributed by atoms with Gasteiger partial charge in [-0.2, -0.15) is 0 Å². The van der Waals surface area contributed by atoms with Crippen LogP contribution in [0.3, 0.4) is 0 Å². The summed E-state index contributed by atoms with van der Waals surface area (Å²) in [4.78, 5) is 32.5. The van der Waals surface area contributed by atoms with Gasteiger partial charge in [0.05, 0.1) is 16.9 Å². The third-order valence-corrected chi connectivity index (χ3v) is 13.1. The standard InChI is InChI=1S/C18H18BrNO3.C10H10BrNO3.C10H12BrNO.C9H6BrNO3/c1-12-15-8-7-14(19)9-17(15)22-11-16(12)20-18(21)23-10-13-5-3-2-4-6-13;1-6-8-3-2-7(11)4-10(8)15-5-9(6)12(13)14;1-6-8-3-2-7(11)4-10(8)13-5-9(6)12;10-7-2-1-6-3-8(11(12)13)5-14-9(6)4-7/h2-9,12,16H,10-11H2,1H3,(H,20,21);2-4,6,9H,5H2,1H3;2-4,6,9H,5,12H2,1H3;1-4H,5H2. The first-order valence-corrected chi connectivity index (χ1v) is 23.7. The molecule has 65 heavy (non-hydrogen) atoms. The van der Waals surface area contributed by atoms with Gasteiger partial charge in [0, 0.05) is 57.9 Å². The van der Waals surface area contributed by atoms with E-state index in [1.54, 1.807) is 12.1 Å². The summed E-state index contributed by atoms with van der Waals surface area (Å²) in [7, 11) is 0. The molecule has 18 heteroatoms. The first kappa shape index (κ1) is 49.4. The molecule has 0 aliphatic carbocycles. The van der Waals surface area contributed by atoms with Crippen molar-refractivity contribution in [3.05, 3.63) is 175 Å². The van der Waals surface area contributed by atoms with Crippen molar-refractivity contribution >= 4 is 75.9 Å². The van der Waals surface area contributed by atoms with Crippen molar-refractivity contribution in [2.75, 3.05) is 26.4 Å². The zero-order valence-corrected chi connectivity index (χ0v) is 41.8. The molecule has 0 bridgehead atoms. The Kier molecular flexibility index (Phi) is 17.4. The number of hydrogen-bond donors (Lipinski definition) is 2. The zero-order valence-electron chi connectivity index (χ0n) is 35.5. The Hall–Kier alpha value is -5.01. The van der Waals surface area contributed by atoms with E-state index in [0.717, 1.165) is 57.4 Å². The fourth-order valence-electron chi connectivity index (χ4n) is 7.21. The van der Waals surface area contributed by atoms with Crippen LogP contribution in [0.15, 0.2) is 127 Å². The molecule has 0 radical (unpaired) electrons. The highest BCUT2D eigenvalue weighted by Gasteiger charge is 2.36. The number of nitrogens with one attached hydrogen (secondary N) is 1. The first-order valence-electron chi connectivity index (χ1n) is 20.5. The fraction of sp³-hybridized carbons (Fsp3) is 0.298. The van der Waals surface area contributed by atoms with E-state index in [1.807, 2.05) is 91.9 Å². The monoisotopic (exact) mass is 1140 g/mol. The molecule has 6 unspecified atom stereocenters. The summed E-state index contributed by atoms with van der Waals surface area (Å²) in [6.07, 6.45) is 1.11. The van der Waals surface area contributed by atoms with Crippen molar-refractivity contribution in [3.63, 3.8) is 0 Å². The first-order chi connectivity index (χ1) is 31.1. The van der Waals surface area contributed by atoms with Gasteiger partial charge in [-0.1, -0.05) is 133 Å². The molecular weight excluding hydrogens is 1100 g/mol. The number of rotatable bonds is 5. The number of nitrogens with zero attached hydrogens (tertiary/aromatic N) is 2. The van der Waals surface area contributed by atoms with Crippen molar-refractivity contribution in [3.8, 4) is 23.0 Å². The molecule has 0 saturated heterocycles. The Morgan fingerprint density at radius 2 is 1.18 bits per heavy atom. The average Bonchev–Trinajstić information content (AvgIpc) is 3.28. The highest BCUT2D eigenvalue weighted by Crippen LogP contribution is 2.38. The van der Waals surface area contributed by atoms with Gasteiger partial charge in [0.2, 0.25) is 0 Å². The van der Waals surface area contributed by atoms with Crippen molar-refractivity contribution < 1.29 is 38.3 Å². The summed E-state index contributed by atoms with van der Waals surface area (Å²) in [6, 6.07) is 32.0. The number of carbonyl (C=O) groups is 1. The minimum absolute atomic E-state index is 0.0243. The number of amides is 1. The predicted octanol–water partition coefficient (Wildman–Crippen LogP) is 11.6. The number of nitrogens with two attached hydrogens (primary N) is 1. The van der Waals surface area contributed by atoms with Crippen LogP contribution in [0.25, 0.3) is 6.08 Å². The lowest BCUT2D eigenvalue weighted by molar-refractivity contribution is -0.529. The second-order valence-corrected chi connectivity index (χ2v) is 19.2. The van der Waals surface area contributed by atoms with Gasteiger partial charge in [0.25, 0.3) is 11.7 Å². The quantitative estimate of drug-likeness (QED) is 0.126. The molecule has 1 amide bonds. The zero-order chi connectivity index (χ0) is 46.8. The van der Waals surface area contributed by atoms with Crippen molar-refractivity contribution in [2.24, 2.45) is 5.73 Å². The molecule has 0 saturated carbocycles. The van der Waals surface area contributed by atoms with Gasteiger partial charge in [-0.3, -0.25) is 20.2 Å². The summed E-state index contributed by atoms with van der Waals surface area (Å²) in [5, 5.41) is 24.1. The van der Waals surface area contributed by atoms with Crippen LogP contribution in [0.4, 0.5) is 4.79 Å². The maximum atomic E-state index is 12.0.